The number of benzene rings is 1. The van der Waals surface area contributed by atoms with E-state index in [1.807, 2.05) is 12.5 Å². The summed E-state index contributed by atoms with van der Waals surface area (Å²) in [5.74, 6) is 0.695. The molecular formula is C39H68N2. The highest BCUT2D eigenvalue weighted by molar-refractivity contribution is 5.33. The number of aromatic nitrogens is 2. The normalized spacial score (nSPS) is 13.0. The molecule has 41 heavy (non-hydrogen) atoms. The minimum absolute atomic E-state index is 0.394. The minimum atomic E-state index is 0.394. The first-order chi connectivity index (χ1) is 20.3. The molecule has 0 fully saturated rings. The third-order valence-corrected chi connectivity index (χ3v) is 9.38. The first-order valence-corrected chi connectivity index (χ1v) is 18.4. The van der Waals surface area contributed by atoms with E-state index in [1.165, 1.54) is 160 Å². The largest absolute Gasteiger partial charge is 0.330 e. The fourth-order valence-corrected chi connectivity index (χ4v) is 6.80. The molecule has 0 amide bonds. The molecule has 0 bridgehead atoms. The van der Waals surface area contributed by atoms with Crippen LogP contribution in [-0.4, -0.2) is 9.55 Å². The molecule has 2 aromatic rings. The summed E-state index contributed by atoms with van der Waals surface area (Å²) >= 11 is 0. The Balaban J connectivity index is 1.81. The zero-order valence-electron chi connectivity index (χ0n) is 27.8. The molecule has 0 aliphatic heterocycles. The van der Waals surface area contributed by atoms with Crippen LogP contribution in [-0.2, 0) is 0 Å². The van der Waals surface area contributed by atoms with E-state index in [1.54, 1.807) is 5.56 Å². The second-order valence-electron chi connectivity index (χ2n) is 12.9. The van der Waals surface area contributed by atoms with Crippen LogP contribution >= 0.6 is 0 Å². The van der Waals surface area contributed by atoms with Crippen molar-refractivity contribution in [3.8, 4) is 0 Å². The van der Waals surface area contributed by atoms with Gasteiger partial charge in [0, 0.05) is 12.4 Å². The summed E-state index contributed by atoms with van der Waals surface area (Å²) in [7, 11) is 0. The molecule has 2 nitrogen and oxygen atoms in total. The highest BCUT2D eigenvalue weighted by atomic mass is 15.0. The van der Waals surface area contributed by atoms with Gasteiger partial charge in [0.15, 0.2) is 0 Å². The third-order valence-electron chi connectivity index (χ3n) is 9.38. The Morgan fingerprint density at radius 1 is 0.537 bits per heavy atom. The lowest BCUT2D eigenvalue weighted by atomic mass is 9.83. The van der Waals surface area contributed by atoms with Crippen LogP contribution in [0.4, 0.5) is 0 Å². The van der Waals surface area contributed by atoms with Crippen molar-refractivity contribution >= 4 is 0 Å². The van der Waals surface area contributed by atoms with Gasteiger partial charge in [0.25, 0.3) is 0 Å². The van der Waals surface area contributed by atoms with Crippen molar-refractivity contribution < 1.29 is 0 Å². The Labute approximate surface area is 256 Å². The molecule has 2 unspecified atom stereocenters. The molecule has 0 saturated heterocycles. The van der Waals surface area contributed by atoms with Gasteiger partial charge in [0.2, 0.25) is 0 Å². The van der Waals surface area contributed by atoms with Crippen molar-refractivity contribution in [1.82, 2.24) is 9.55 Å². The van der Waals surface area contributed by atoms with Gasteiger partial charge in [-0.25, -0.2) is 4.98 Å². The lowest BCUT2D eigenvalue weighted by Gasteiger charge is -2.26. The first-order valence-electron chi connectivity index (χ1n) is 18.4. The van der Waals surface area contributed by atoms with Crippen molar-refractivity contribution in [2.45, 2.75) is 193 Å². The zero-order valence-corrected chi connectivity index (χ0v) is 27.8. The van der Waals surface area contributed by atoms with Crippen LogP contribution in [0.2, 0.25) is 0 Å². The second-order valence-corrected chi connectivity index (χ2v) is 12.9. The van der Waals surface area contributed by atoms with Crippen LogP contribution in [0.3, 0.4) is 0 Å². The highest BCUT2D eigenvalue weighted by Crippen LogP contribution is 2.35. The number of imidazole rings is 1. The van der Waals surface area contributed by atoms with Crippen LogP contribution in [0.1, 0.15) is 204 Å². The van der Waals surface area contributed by atoms with E-state index in [4.69, 9.17) is 0 Å². The standard InChI is InChI=1S/C39H68N2/c1-4-7-9-11-13-15-17-18-20-22-24-26-30-36(29-25-23-21-19-16-14-12-10-8-5-2)37-31-27-28-32-38(37)39(6-3)41-34-33-40-35-41/h27-28,31-36,39H,4-26,29-30H2,1-3H3. The zero-order chi connectivity index (χ0) is 29.2. The van der Waals surface area contributed by atoms with Gasteiger partial charge in [0.1, 0.15) is 0 Å². The number of hydrogen-bond acceptors (Lipinski definition) is 1. The maximum atomic E-state index is 4.37. The second kappa shape index (κ2) is 25.0. The summed E-state index contributed by atoms with van der Waals surface area (Å²) in [4.78, 5) is 4.37. The van der Waals surface area contributed by atoms with E-state index in [9.17, 15) is 0 Å². The van der Waals surface area contributed by atoms with Crippen LogP contribution in [0, 0.1) is 0 Å². The topological polar surface area (TPSA) is 17.8 Å². The SMILES string of the molecule is CCCCCCCCCCCCCCC(CCCCCCCCCCCC)c1ccccc1C(CC)n1ccnc1. The molecule has 2 heteroatoms. The Morgan fingerprint density at radius 3 is 1.34 bits per heavy atom. The first kappa shape index (κ1) is 35.6. The van der Waals surface area contributed by atoms with E-state index >= 15 is 0 Å². The summed E-state index contributed by atoms with van der Waals surface area (Å²) in [5, 5.41) is 0. The average molecular weight is 565 g/mol. The van der Waals surface area contributed by atoms with Crippen LogP contribution in [0.15, 0.2) is 43.0 Å². The van der Waals surface area contributed by atoms with Crippen LogP contribution in [0.5, 0.6) is 0 Å². The summed E-state index contributed by atoms with van der Waals surface area (Å²) in [6, 6.07) is 9.78. The lowest BCUT2D eigenvalue weighted by Crippen LogP contribution is -2.13. The Hall–Kier alpha value is -1.57. The predicted molar refractivity (Wildman–Crippen MR) is 182 cm³/mol. The highest BCUT2D eigenvalue weighted by Gasteiger charge is 2.20. The number of nitrogens with zero attached hydrogens (tertiary/aromatic N) is 2. The molecule has 1 aromatic heterocycles. The van der Waals surface area contributed by atoms with E-state index in [2.05, 4.69) is 60.8 Å². The van der Waals surface area contributed by atoms with Gasteiger partial charge in [-0.05, 0) is 36.3 Å². The monoisotopic (exact) mass is 565 g/mol. The molecule has 0 N–H and O–H groups in total. The Morgan fingerprint density at radius 2 is 0.951 bits per heavy atom. The predicted octanol–water partition coefficient (Wildman–Crippen LogP) is 13.4. The molecule has 2 rings (SSSR count). The molecule has 1 aromatic carbocycles. The average Bonchev–Trinajstić information content (AvgIpc) is 3.53. The van der Waals surface area contributed by atoms with E-state index in [0.29, 0.717) is 12.0 Å². The minimum Gasteiger partial charge on any atom is -0.330 e. The van der Waals surface area contributed by atoms with Crippen molar-refractivity contribution in [2.75, 3.05) is 0 Å². The van der Waals surface area contributed by atoms with Crippen LogP contribution in [0.25, 0.3) is 0 Å². The van der Waals surface area contributed by atoms with Crippen molar-refractivity contribution in [3.63, 3.8) is 0 Å². The van der Waals surface area contributed by atoms with Gasteiger partial charge >= 0.3 is 0 Å². The third kappa shape index (κ3) is 16.0. The number of hydrogen-bond donors (Lipinski definition) is 0. The molecule has 0 spiro atoms. The van der Waals surface area contributed by atoms with Crippen molar-refractivity contribution in [3.05, 3.63) is 54.1 Å². The molecule has 1 heterocycles. The smallest absolute Gasteiger partial charge is 0.0951 e. The van der Waals surface area contributed by atoms with Gasteiger partial charge in [-0.3, -0.25) is 0 Å². The summed E-state index contributed by atoms with van der Waals surface area (Å²) < 4.78 is 2.32. The van der Waals surface area contributed by atoms with Crippen molar-refractivity contribution in [1.29, 1.82) is 0 Å². The maximum Gasteiger partial charge on any atom is 0.0951 e. The van der Waals surface area contributed by atoms with Gasteiger partial charge in [-0.15, -0.1) is 0 Å². The fraction of sp³-hybridized carbons (Fsp3) is 0.769. The van der Waals surface area contributed by atoms with E-state index in [0.717, 1.165) is 6.42 Å². The Bertz CT molecular complexity index is 811. The maximum absolute atomic E-state index is 4.37. The number of rotatable bonds is 28. The van der Waals surface area contributed by atoms with Crippen LogP contribution < -0.4 is 0 Å². The quantitative estimate of drug-likeness (QED) is 0.0940. The van der Waals surface area contributed by atoms with E-state index < -0.39 is 0 Å². The molecule has 0 radical (unpaired) electrons. The fourth-order valence-electron chi connectivity index (χ4n) is 6.80. The number of unbranched alkanes of at least 4 members (excludes halogenated alkanes) is 20. The molecule has 0 aliphatic rings. The molecule has 234 valence electrons. The summed E-state index contributed by atoms with van der Waals surface area (Å²) in [6.07, 6.45) is 41.2. The summed E-state index contributed by atoms with van der Waals surface area (Å²) in [5.41, 5.74) is 3.15. The molecule has 0 aliphatic carbocycles. The van der Waals surface area contributed by atoms with E-state index in [-0.39, 0.29) is 0 Å². The molecule has 2 atom stereocenters. The summed E-state index contributed by atoms with van der Waals surface area (Å²) in [6.45, 7) is 6.94. The van der Waals surface area contributed by atoms with Crippen molar-refractivity contribution in [2.24, 2.45) is 0 Å². The van der Waals surface area contributed by atoms with Gasteiger partial charge < -0.3 is 4.57 Å². The lowest BCUT2D eigenvalue weighted by molar-refractivity contribution is 0.471. The molecular weight excluding hydrogens is 496 g/mol. The molecule has 0 saturated carbocycles. The van der Waals surface area contributed by atoms with Gasteiger partial charge in [0.05, 0.1) is 12.4 Å². The Kier molecular flexibility index (Phi) is 21.7. The van der Waals surface area contributed by atoms with Gasteiger partial charge in [-0.1, -0.05) is 186 Å². The van der Waals surface area contributed by atoms with Gasteiger partial charge in [-0.2, -0.15) is 0 Å².